The summed E-state index contributed by atoms with van der Waals surface area (Å²) >= 11 is 0. The molecule has 2 bridgehead atoms. The molecule has 8 aromatic rings. The quantitative estimate of drug-likeness (QED) is 0.186. The van der Waals surface area contributed by atoms with E-state index in [-0.39, 0.29) is 5.41 Å². The predicted octanol–water partition coefficient (Wildman–Crippen LogP) is 10.7. The van der Waals surface area contributed by atoms with E-state index in [0.29, 0.717) is 34.7 Å². The molecule has 0 N–H and O–H groups in total. The lowest BCUT2D eigenvalue weighted by Gasteiger charge is -2.70. The zero-order chi connectivity index (χ0) is 34.5. The number of hydrogen-bond donors (Lipinski definition) is 0. The van der Waals surface area contributed by atoms with Crippen molar-refractivity contribution in [2.75, 3.05) is 0 Å². The lowest BCUT2D eigenvalue weighted by Crippen LogP contribution is -2.65. The summed E-state index contributed by atoms with van der Waals surface area (Å²) in [4.78, 5) is 21.5. The van der Waals surface area contributed by atoms with Gasteiger partial charge in [-0.3, -0.25) is 0 Å². The molecule has 0 radical (unpaired) electrons. The first-order valence-corrected chi connectivity index (χ1v) is 19.2. The molecule has 0 amide bonds. The molecular weight excluding hydrogens is 647 g/mol. The average Bonchev–Trinajstić information content (AvgIpc) is 3.92. The molecule has 5 aliphatic rings. The van der Waals surface area contributed by atoms with Crippen LogP contribution in [0.1, 0.15) is 36.9 Å². The second-order valence-electron chi connectivity index (χ2n) is 16.2. The van der Waals surface area contributed by atoms with E-state index in [1.165, 1.54) is 53.5 Å². The predicted molar refractivity (Wildman–Crippen MR) is 209 cm³/mol. The van der Waals surface area contributed by atoms with E-state index in [1.54, 1.807) is 0 Å². The maximum Gasteiger partial charge on any atom is 0.182 e. The molecule has 3 heterocycles. The average molecular weight is 682 g/mol. The van der Waals surface area contributed by atoms with Crippen LogP contribution in [-0.2, 0) is 5.41 Å². The third-order valence-corrected chi connectivity index (χ3v) is 14.4. The van der Waals surface area contributed by atoms with Crippen molar-refractivity contribution in [2.24, 2.45) is 29.1 Å². The van der Waals surface area contributed by atoms with Gasteiger partial charge in [0.05, 0.1) is 16.7 Å². The third-order valence-electron chi connectivity index (χ3n) is 14.4. The summed E-state index contributed by atoms with van der Waals surface area (Å²) in [7, 11) is 0. The van der Waals surface area contributed by atoms with Crippen molar-refractivity contribution in [2.45, 2.75) is 31.1 Å². The molecule has 6 unspecified atom stereocenters. The van der Waals surface area contributed by atoms with Crippen LogP contribution in [0, 0.1) is 29.1 Å². The Bertz CT molecular complexity index is 2840. The van der Waals surface area contributed by atoms with E-state index in [1.807, 2.05) is 6.07 Å². The van der Waals surface area contributed by atoms with Crippen molar-refractivity contribution in [3.05, 3.63) is 151 Å². The van der Waals surface area contributed by atoms with Crippen molar-refractivity contribution in [3.63, 3.8) is 0 Å². The molecule has 53 heavy (non-hydrogen) atoms. The Morgan fingerprint density at radius 1 is 0.509 bits per heavy atom. The molecular formula is C48H35N5. The number of para-hydroxylation sites is 2. The van der Waals surface area contributed by atoms with Crippen LogP contribution in [-0.4, -0.2) is 24.5 Å². The number of rotatable bonds is 4. The number of nitrogens with zero attached hydrogens (tertiary/aromatic N) is 5. The van der Waals surface area contributed by atoms with Gasteiger partial charge in [-0.25, -0.2) is 19.9 Å². The summed E-state index contributed by atoms with van der Waals surface area (Å²) < 4.78 is 2.35. The van der Waals surface area contributed by atoms with Gasteiger partial charge < -0.3 is 4.57 Å². The molecule has 4 saturated carbocycles. The van der Waals surface area contributed by atoms with Crippen LogP contribution in [0.25, 0.3) is 72.9 Å². The SMILES string of the molecule is c1ccc(-c2nc(-c3ccc4c(n3)C3(c5ccccc5-4)C4CC5CC6CC3C56C4)nc(-c3cccc4c3c3ccccc3n4-c3ccccc3)n2)cc1. The van der Waals surface area contributed by atoms with E-state index in [9.17, 15) is 0 Å². The molecule has 5 aromatic carbocycles. The highest BCUT2D eigenvalue weighted by atomic mass is 15.1. The van der Waals surface area contributed by atoms with E-state index < -0.39 is 0 Å². The monoisotopic (exact) mass is 681 g/mol. The van der Waals surface area contributed by atoms with Crippen LogP contribution in [0.15, 0.2) is 140 Å². The molecule has 0 saturated heterocycles. The van der Waals surface area contributed by atoms with E-state index in [4.69, 9.17) is 19.9 Å². The standard InChI is InChI=1S/C48H35N5/c1-3-12-28(13-4-1)44-50-45(36-18-11-21-40-42(36)35-17-8-10-20-39(35)53(40)32-14-5-2-6-15-32)52-46(51-44)38-23-22-34-33-16-7-9-19-37(33)48(43(34)49-38)31-25-29-24-30-26-41(48)47(29,30)27-31/h1-23,29-31,41H,24-27H2. The molecule has 5 nitrogen and oxygen atoms in total. The molecule has 2 spiro atoms. The number of fused-ring (bicyclic) bond motifs is 11. The van der Waals surface area contributed by atoms with Gasteiger partial charge in [-0.05, 0) is 96.2 Å². The fourth-order valence-corrected chi connectivity index (χ4v) is 12.5. The summed E-state index contributed by atoms with van der Waals surface area (Å²) in [5.41, 5.74) is 12.2. The van der Waals surface area contributed by atoms with Gasteiger partial charge in [0.25, 0.3) is 0 Å². The van der Waals surface area contributed by atoms with Crippen LogP contribution >= 0.6 is 0 Å². The lowest BCUT2D eigenvalue weighted by atomic mass is 9.34. The summed E-state index contributed by atoms with van der Waals surface area (Å²) in [5.74, 6) is 5.15. The highest BCUT2D eigenvalue weighted by molar-refractivity contribution is 6.15. The maximum atomic E-state index is 5.72. The number of aromatic nitrogens is 5. The van der Waals surface area contributed by atoms with E-state index in [2.05, 4.69) is 138 Å². The number of hydrogen-bond acceptors (Lipinski definition) is 4. The first kappa shape index (κ1) is 28.6. The minimum atomic E-state index is -0.00165. The van der Waals surface area contributed by atoms with Crippen molar-refractivity contribution < 1.29 is 0 Å². The second kappa shape index (κ2) is 9.93. The summed E-state index contributed by atoms with van der Waals surface area (Å²) in [6, 6.07) is 49.8. The zero-order valence-electron chi connectivity index (χ0n) is 29.2. The van der Waals surface area contributed by atoms with Gasteiger partial charge in [-0.2, -0.15) is 0 Å². The fourth-order valence-electron chi connectivity index (χ4n) is 12.5. The van der Waals surface area contributed by atoms with Gasteiger partial charge in [0.15, 0.2) is 17.5 Å². The van der Waals surface area contributed by atoms with E-state index >= 15 is 0 Å². The van der Waals surface area contributed by atoms with Gasteiger partial charge >= 0.3 is 0 Å². The van der Waals surface area contributed by atoms with Gasteiger partial charge in [-0.15, -0.1) is 0 Å². The van der Waals surface area contributed by atoms with Crippen LogP contribution < -0.4 is 0 Å². The minimum Gasteiger partial charge on any atom is -0.309 e. The van der Waals surface area contributed by atoms with Crippen LogP contribution in [0.2, 0.25) is 0 Å². The van der Waals surface area contributed by atoms with Crippen molar-refractivity contribution >= 4 is 21.8 Å². The minimum absolute atomic E-state index is 0.00165. The second-order valence-corrected chi connectivity index (χ2v) is 16.2. The largest absolute Gasteiger partial charge is 0.309 e. The van der Waals surface area contributed by atoms with Crippen molar-refractivity contribution in [1.82, 2.24) is 24.5 Å². The summed E-state index contributed by atoms with van der Waals surface area (Å²) in [6.07, 6.45) is 5.53. The van der Waals surface area contributed by atoms with Crippen LogP contribution in [0.5, 0.6) is 0 Å². The molecule has 13 rings (SSSR count). The number of pyridine rings is 1. The highest BCUT2D eigenvalue weighted by Crippen LogP contribution is 2.87. The first-order valence-electron chi connectivity index (χ1n) is 19.2. The smallest absolute Gasteiger partial charge is 0.182 e. The summed E-state index contributed by atoms with van der Waals surface area (Å²) in [6.45, 7) is 0. The molecule has 3 aromatic heterocycles. The molecule has 0 aliphatic heterocycles. The molecule has 5 heteroatoms. The Hall–Kier alpha value is -5.94. The zero-order valence-corrected chi connectivity index (χ0v) is 29.2. The molecule has 6 atom stereocenters. The van der Waals surface area contributed by atoms with Crippen molar-refractivity contribution in [1.29, 1.82) is 0 Å². The third kappa shape index (κ3) is 3.40. The van der Waals surface area contributed by atoms with Crippen LogP contribution in [0.4, 0.5) is 0 Å². The van der Waals surface area contributed by atoms with Crippen LogP contribution in [0.3, 0.4) is 0 Å². The summed E-state index contributed by atoms with van der Waals surface area (Å²) in [5, 5.41) is 2.31. The molecule has 4 fully saturated rings. The Morgan fingerprint density at radius 3 is 2.08 bits per heavy atom. The lowest BCUT2D eigenvalue weighted by molar-refractivity contribution is -0.194. The number of benzene rings is 5. The Kier molecular flexibility index (Phi) is 5.36. The maximum absolute atomic E-state index is 5.72. The Balaban J connectivity index is 1.04. The Morgan fingerprint density at radius 2 is 1.21 bits per heavy atom. The molecule has 5 aliphatic carbocycles. The van der Waals surface area contributed by atoms with Crippen molar-refractivity contribution in [3.8, 4) is 51.1 Å². The molecule has 252 valence electrons. The topological polar surface area (TPSA) is 56.5 Å². The van der Waals surface area contributed by atoms with Gasteiger partial charge in [-0.1, -0.05) is 109 Å². The normalized spacial score (nSPS) is 26.7. The van der Waals surface area contributed by atoms with Gasteiger partial charge in [0, 0.05) is 38.6 Å². The Labute approximate surface area is 307 Å². The van der Waals surface area contributed by atoms with Gasteiger partial charge in [0.2, 0.25) is 0 Å². The van der Waals surface area contributed by atoms with E-state index in [0.717, 1.165) is 50.8 Å². The van der Waals surface area contributed by atoms with Gasteiger partial charge in [0.1, 0.15) is 5.69 Å². The fraction of sp³-hybridized carbons (Fsp3) is 0.208. The highest BCUT2D eigenvalue weighted by Gasteiger charge is 2.82. The first-order chi connectivity index (χ1) is 26.2.